The second-order valence-corrected chi connectivity index (χ2v) is 7.77. The predicted molar refractivity (Wildman–Crippen MR) is 130 cm³/mol. The van der Waals surface area contributed by atoms with E-state index in [4.69, 9.17) is 11.6 Å². The normalized spacial score (nSPS) is 10.6. The van der Waals surface area contributed by atoms with Gasteiger partial charge in [0.1, 0.15) is 0 Å². The molecule has 160 valence electrons. The zero-order valence-corrected chi connectivity index (χ0v) is 18.3. The Labute approximate surface area is 190 Å². The van der Waals surface area contributed by atoms with Crippen molar-refractivity contribution in [3.63, 3.8) is 0 Å². The molecule has 0 aliphatic rings. The van der Waals surface area contributed by atoms with Gasteiger partial charge in [-0.15, -0.1) is 0 Å². The number of urea groups is 1. The van der Waals surface area contributed by atoms with E-state index < -0.39 is 0 Å². The van der Waals surface area contributed by atoms with Gasteiger partial charge in [0.25, 0.3) is 0 Å². The Kier molecular flexibility index (Phi) is 6.05. The molecule has 0 aliphatic carbocycles. The summed E-state index contributed by atoms with van der Waals surface area (Å²) in [7, 11) is 0. The number of halogens is 1. The van der Waals surface area contributed by atoms with E-state index >= 15 is 0 Å². The fourth-order valence-electron chi connectivity index (χ4n) is 3.49. The Morgan fingerprint density at radius 1 is 0.875 bits per heavy atom. The molecule has 32 heavy (non-hydrogen) atoms. The number of amides is 3. The van der Waals surface area contributed by atoms with Crippen LogP contribution >= 0.6 is 11.6 Å². The third-order valence-corrected chi connectivity index (χ3v) is 5.28. The van der Waals surface area contributed by atoms with Crippen molar-refractivity contribution < 1.29 is 9.59 Å². The van der Waals surface area contributed by atoms with E-state index in [2.05, 4.69) is 20.9 Å². The molecule has 4 rings (SSSR count). The molecule has 0 radical (unpaired) electrons. The highest BCUT2D eigenvalue weighted by atomic mass is 35.5. The van der Waals surface area contributed by atoms with Gasteiger partial charge in [0, 0.05) is 41.1 Å². The summed E-state index contributed by atoms with van der Waals surface area (Å²) in [6.45, 7) is 3.30. The lowest BCUT2D eigenvalue weighted by Gasteiger charge is -2.13. The molecule has 7 heteroatoms. The number of carbonyl (C=O) groups excluding carboxylic acids is 2. The van der Waals surface area contributed by atoms with Crippen LogP contribution in [0.25, 0.3) is 22.0 Å². The number of aromatic nitrogens is 1. The number of carbonyl (C=O) groups is 2. The highest BCUT2D eigenvalue weighted by Crippen LogP contribution is 2.33. The summed E-state index contributed by atoms with van der Waals surface area (Å²) in [4.78, 5) is 28.3. The molecule has 0 unspecified atom stereocenters. The summed E-state index contributed by atoms with van der Waals surface area (Å²) in [5.41, 5.74) is 4.21. The maximum absolute atomic E-state index is 12.6. The maximum Gasteiger partial charge on any atom is 0.323 e. The lowest BCUT2D eigenvalue weighted by atomic mass is 10.0. The second kappa shape index (κ2) is 9.08. The lowest BCUT2D eigenvalue weighted by Crippen LogP contribution is -2.20. The van der Waals surface area contributed by atoms with Crippen molar-refractivity contribution in [3.8, 4) is 11.3 Å². The van der Waals surface area contributed by atoms with Crippen molar-refractivity contribution >= 4 is 51.4 Å². The molecule has 0 fully saturated rings. The number of aryl methyl sites for hydroxylation is 1. The molecule has 1 heterocycles. The van der Waals surface area contributed by atoms with Gasteiger partial charge in [-0.05, 0) is 60.3 Å². The first-order valence-corrected chi connectivity index (χ1v) is 10.4. The summed E-state index contributed by atoms with van der Waals surface area (Å²) >= 11 is 6.47. The molecule has 0 spiro atoms. The van der Waals surface area contributed by atoms with Crippen LogP contribution in [0.2, 0.25) is 5.02 Å². The van der Waals surface area contributed by atoms with Crippen LogP contribution in [0.5, 0.6) is 0 Å². The Hall–Kier alpha value is -3.90. The van der Waals surface area contributed by atoms with Crippen LogP contribution in [0.3, 0.4) is 0 Å². The molecular formula is C25H21ClN4O2. The first-order chi connectivity index (χ1) is 15.4. The minimum Gasteiger partial charge on any atom is -0.326 e. The molecule has 4 aromatic rings. The van der Waals surface area contributed by atoms with Crippen molar-refractivity contribution in [2.75, 3.05) is 16.0 Å². The van der Waals surface area contributed by atoms with Crippen molar-refractivity contribution in [1.82, 2.24) is 4.98 Å². The van der Waals surface area contributed by atoms with E-state index in [1.54, 1.807) is 36.5 Å². The maximum atomic E-state index is 12.6. The van der Waals surface area contributed by atoms with E-state index in [0.717, 1.165) is 27.6 Å². The fourth-order valence-corrected chi connectivity index (χ4v) is 3.70. The van der Waals surface area contributed by atoms with Crippen molar-refractivity contribution in [2.45, 2.75) is 13.8 Å². The van der Waals surface area contributed by atoms with E-state index in [0.29, 0.717) is 22.1 Å². The molecule has 0 atom stereocenters. The summed E-state index contributed by atoms with van der Waals surface area (Å²) < 4.78 is 0. The molecule has 0 bridgehead atoms. The van der Waals surface area contributed by atoms with Crippen molar-refractivity contribution in [3.05, 3.63) is 83.5 Å². The van der Waals surface area contributed by atoms with Crippen LogP contribution in [0, 0.1) is 6.92 Å². The number of hydrogen-bond donors (Lipinski definition) is 3. The molecule has 6 nitrogen and oxygen atoms in total. The van der Waals surface area contributed by atoms with Gasteiger partial charge in [-0.25, -0.2) is 4.79 Å². The van der Waals surface area contributed by atoms with Crippen LogP contribution in [-0.2, 0) is 4.79 Å². The molecule has 3 aromatic carbocycles. The number of fused-ring (bicyclic) bond motifs is 1. The van der Waals surface area contributed by atoms with Gasteiger partial charge >= 0.3 is 6.03 Å². The first kappa shape index (κ1) is 21.3. The Bertz CT molecular complexity index is 1330. The van der Waals surface area contributed by atoms with Crippen LogP contribution in [0.1, 0.15) is 12.5 Å². The Morgan fingerprint density at radius 3 is 2.41 bits per heavy atom. The van der Waals surface area contributed by atoms with Gasteiger partial charge in [0.05, 0.1) is 10.7 Å². The SMILES string of the molecule is CC(=O)Nc1ccc(NC(=O)Nc2ccc(Cl)c(-c3nccc4ccccc34)c2)c(C)c1. The van der Waals surface area contributed by atoms with Gasteiger partial charge in [-0.2, -0.15) is 0 Å². The number of hydrogen-bond acceptors (Lipinski definition) is 3. The molecule has 3 amide bonds. The topological polar surface area (TPSA) is 83.1 Å². The largest absolute Gasteiger partial charge is 0.326 e. The van der Waals surface area contributed by atoms with Crippen molar-refractivity contribution in [2.24, 2.45) is 0 Å². The quantitative estimate of drug-likeness (QED) is 0.337. The number of nitrogens with zero attached hydrogens (tertiary/aromatic N) is 1. The second-order valence-electron chi connectivity index (χ2n) is 7.37. The standard InChI is InChI=1S/C25H21ClN4O2/c1-15-13-18(28-16(2)31)8-10-23(15)30-25(32)29-19-7-9-22(26)21(14-19)24-20-6-4-3-5-17(20)11-12-27-24/h3-14H,1-2H3,(H,28,31)(H2,29,30,32). The summed E-state index contributed by atoms with van der Waals surface area (Å²) in [5.74, 6) is -0.151. The minimum absolute atomic E-state index is 0.151. The van der Waals surface area contributed by atoms with E-state index in [1.807, 2.05) is 43.3 Å². The van der Waals surface area contributed by atoms with Gasteiger partial charge in [0.2, 0.25) is 5.91 Å². The van der Waals surface area contributed by atoms with Crippen LogP contribution < -0.4 is 16.0 Å². The van der Waals surface area contributed by atoms with Crippen LogP contribution in [0.15, 0.2) is 72.9 Å². The third-order valence-electron chi connectivity index (χ3n) is 4.95. The summed E-state index contributed by atoms with van der Waals surface area (Å²) in [6.07, 6.45) is 1.74. The fraction of sp³-hybridized carbons (Fsp3) is 0.0800. The molecule has 0 saturated carbocycles. The smallest absolute Gasteiger partial charge is 0.323 e. The monoisotopic (exact) mass is 444 g/mol. The van der Waals surface area contributed by atoms with E-state index in [9.17, 15) is 9.59 Å². The Morgan fingerprint density at radius 2 is 1.62 bits per heavy atom. The molecule has 1 aromatic heterocycles. The van der Waals surface area contributed by atoms with Gasteiger partial charge in [-0.3, -0.25) is 9.78 Å². The lowest BCUT2D eigenvalue weighted by molar-refractivity contribution is -0.114. The molecule has 0 saturated heterocycles. The number of anilines is 3. The predicted octanol–water partition coefficient (Wildman–Crippen LogP) is 6.47. The van der Waals surface area contributed by atoms with Gasteiger partial charge in [-0.1, -0.05) is 35.9 Å². The van der Waals surface area contributed by atoms with E-state index in [-0.39, 0.29) is 11.9 Å². The molecular weight excluding hydrogens is 424 g/mol. The highest BCUT2D eigenvalue weighted by molar-refractivity contribution is 6.33. The summed E-state index contributed by atoms with van der Waals surface area (Å²) in [6, 6.07) is 20.1. The average molecular weight is 445 g/mol. The summed E-state index contributed by atoms with van der Waals surface area (Å²) in [5, 5.41) is 11.0. The minimum atomic E-state index is -0.389. The zero-order valence-electron chi connectivity index (χ0n) is 17.6. The van der Waals surface area contributed by atoms with Crippen LogP contribution in [-0.4, -0.2) is 16.9 Å². The number of benzene rings is 3. The van der Waals surface area contributed by atoms with Crippen molar-refractivity contribution in [1.29, 1.82) is 0 Å². The molecule has 3 N–H and O–H groups in total. The van der Waals surface area contributed by atoms with Gasteiger partial charge < -0.3 is 16.0 Å². The van der Waals surface area contributed by atoms with E-state index in [1.165, 1.54) is 6.92 Å². The third kappa shape index (κ3) is 4.71. The number of nitrogens with one attached hydrogen (secondary N) is 3. The highest BCUT2D eigenvalue weighted by Gasteiger charge is 2.12. The Balaban J connectivity index is 1.56. The first-order valence-electron chi connectivity index (χ1n) is 10.0. The number of rotatable bonds is 4. The average Bonchev–Trinajstić information content (AvgIpc) is 2.76. The number of pyridine rings is 1. The zero-order chi connectivity index (χ0) is 22.7. The van der Waals surface area contributed by atoms with Crippen LogP contribution in [0.4, 0.5) is 21.9 Å². The molecule has 0 aliphatic heterocycles. The van der Waals surface area contributed by atoms with Gasteiger partial charge in [0.15, 0.2) is 0 Å².